The standard InChI is InChI=1S/C7H4Cl3NO3.C7H5Cl2FN2O3.C6H3Cl2NO2/c8-3-1-4(9)7(11-6(3)10)14-2-5(12)13;8-3-5(11)4(9)7(12-6(3)10)15-1-2(13)14;7-3-1-2-4(8)9-5(3)6(10)11/h1H,2H2,(H,12,13);1H2,(H2,11,12)(H,13,14);1-2H,(H,10,11). The summed E-state index contributed by atoms with van der Waals surface area (Å²) in [5.41, 5.74) is 4.85. The van der Waals surface area contributed by atoms with Crippen LogP contribution in [0.1, 0.15) is 10.5 Å². The summed E-state index contributed by atoms with van der Waals surface area (Å²) in [6.07, 6.45) is 0. The number of aromatic nitrogens is 3. The van der Waals surface area contributed by atoms with Crippen molar-refractivity contribution in [1.29, 1.82) is 0 Å². The maximum Gasteiger partial charge on any atom is 0.356 e. The van der Waals surface area contributed by atoms with E-state index in [1.54, 1.807) is 0 Å². The second-order valence-corrected chi connectivity index (χ2v) is 9.15. The fourth-order valence-electron chi connectivity index (χ4n) is 1.96. The lowest BCUT2D eigenvalue weighted by molar-refractivity contribution is -0.140. The van der Waals surface area contributed by atoms with Gasteiger partial charge in [-0.15, -0.1) is 0 Å². The molecular weight excluding hydrogens is 691 g/mol. The maximum atomic E-state index is 12.9. The molecule has 12 nitrogen and oxygen atoms in total. The molecule has 0 aliphatic carbocycles. The van der Waals surface area contributed by atoms with Crippen molar-refractivity contribution in [2.45, 2.75) is 0 Å². The summed E-state index contributed by atoms with van der Waals surface area (Å²) in [5.74, 6) is -5.09. The molecule has 0 aliphatic heterocycles. The predicted molar refractivity (Wildman–Crippen MR) is 145 cm³/mol. The molecule has 0 radical (unpaired) electrons. The molecule has 216 valence electrons. The van der Waals surface area contributed by atoms with E-state index >= 15 is 0 Å². The van der Waals surface area contributed by atoms with Crippen molar-refractivity contribution in [2.75, 3.05) is 18.9 Å². The van der Waals surface area contributed by atoms with Crippen LogP contribution in [0.3, 0.4) is 0 Å². The second-order valence-electron chi connectivity index (χ2n) is 6.43. The van der Waals surface area contributed by atoms with Crippen molar-refractivity contribution in [3.05, 3.63) is 65.3 Å². The summed E-state index contributed by atoms with van der Waals surface area (Å²) in [4.78, 5) is 41.1. The number of ether oxygens (including phenoxy) is 2. The van der Waals surface area contributed by atoms with E-state index in [0.717, 1.165) is 0 Å². The molecule has 40 heavy (non-hydrogen) atoms. The molecular formula is C20H12Cl7FN4O8. The number of carboxylic acids is 3. The summed E-state index contributed by atoms with van der Waals surface area (Å²) in [6.45, 7) is -1.24. The first-order chi connectivity index (χ1) is 18.5. The van der Waals surface area contributed by atoms with E-state index in [1.807, 2.05) is 0 Å². The van der Waals surface area contributed by atoms with Gasteiger partial charge in [-0.1, -0.05) is 81.2 Å². The summed E-state index contributed by atoms with van der Waals surface area (Å²) in [6, 6.07) is 4.15. The van der Waals surface area contributed by atoms with Gasteiger partial charge in [0.25, 0.3) is 0 Å². The van der Waals surface area contributed by atoms with Crippen molar-refractivity contribution < 1.29 is 43.6 Å². The Kier molecular flexibility index (Phi) is 14.5. The van der Waals surface area contributed by atoms with E-state index in [4.69, 9.17) is 107 Å². The maximum absolute atomic E-state index is 12.9. The molecule has 0 aromatic carbocycles. The third kappa shape index (κ3) is 11.4. The molecule has 3 rings (SSSR count). The van der Waals surface area contributed by atoms with Gasteiger partial charge >= 0.3 is 17.9 Å². The van der Waals surface area contributed by atoms with Crippen LogP contribution in [0.2, 0.25) is 35.4 Å². The van der Waals surface area contributed by atoms with Crippen molar-refractivity contribution >= 4 is 105 Å². The number of nitrogens with zero attached hydrogens (tertiary/aromatic N) is 3. The SMILES string of the molecule is Nc1c(Cl)c(F)nc(OCC(=O)O)c1Cl.O=C(O)COc1nc(Cl)c(Cl)cc1Cl.O=C(O)c1nc(Cl)ccc1Cl. The van der Waals surface area contributed by atoms with Crippen LogP contribution in [0, 0.1) is 5.95 Å². The molecule has 0 atom stereocenters. The Balaban J connectivity index is 0.000000304. The number of nitrogens with two attached hydrogens (primary N) is 1. The smallest absolute Gasteiger partial charge is 0.356 e. The molecule has 20 heteroatoms. The van der Waals surface area contributed by atoms with E-state index in [2.05, 4.69) is 19.7 Å². The molecule has 3 aromatic heterocycles. The Bertz CT molecular complexity index is 1420. The third-order valence-electron chi connectivity index (χ3n) is 3.58. The first kappa shape index (κ1) is 35.2. The number of aromatic carboxylic acids is 1. The van der Waals surface area contributed by atoms with Gasteiger partial charge in [0, 0.05) is 0 Å². The Hall–Kier alpha value is -2.78. The highest BCUT2D eigenvalue weighted by Crippen LogP contribution is 2.35. The topological polar surface area (TPSA) is 195 Å². The molecule has 0 saturated heterocycles. The van der Waals surface area contributed by atoms with E-state index < -0.39 is 48.0 Å². The number of pyridine rings is 3. The van der Waals surface area contributed by atoms with Crippen LogP contribution < -0.4 is 15.2 Å². The van der Waals surface area contributed by atoms with Gasteiger partial charge in [-0.2, -0.15) is 14.4 Å². The average Bonchev–Trinajstić information content (AvgIpc) is 2.87. The molecule has 3 aromatic rings. The van der Waals surface area contributed by atoms with E-state index in [1.165, 1.54) is 18.2 Å². The zero-order valence-electron chi connectivity index (χ0n) is 19.0. The molecule has 0 amide bonds. The van der Waals surface area contributed by atoms with Crippen molar-refractivity contribution in [3.8, 4) is 11.8 Å². The lowest BCUT2D eigenvalue weighted by Gasteiger charge is -2.07. The molecule has 0 unspecified atom stereocenters. The number of nitrogen functional groups attached to an aromatic ring is 1. The second kappa shape index (κ2) is 16.5. The van der Waals surface area contributed by atoms with Gasteiger partial charge in [0.15, 0.2) is 24.1 Å². The zero-order valence-corrected chi connectivity index (χ0v) is 24.3. The number of anilines is 1. The number of carbonyl (C=O) groups is 3. The minimum atomic E-state index is -1.25. The molecule has 0 saturated carbocycles. The number of aliphatic carboxylic acids is 2. The summed E-state index contributed by atoms with van der Waals surface area (Å²) < 4.78 is 22.3. The fraction of sp³-hybridized carbons (Fsp3) is 0.100. The zero-order chi connectivity index (χ0) is 30.7. The highest BCUT2D eigenvalue weighted by Gasteiger charge is 2.17. The van der Waals surface area contributed by atoms with Crippen LogP contribution >= 0.6 is 81.2 Å². The highest BCUT2D eigenvalue weighted by molar-refractivity contribution is 6.42. The van der Waals surface area contributed by atoms with Crippen molar-refractivity contribution in [1.82, 2.24) is 15.0 Å². The predicted octanol–water partition coefficient (Wildman–Crippen LogP) is 6.16. The van der Waals surface area contributed by atoms with Gasteiger partial charge < -0.3 is 30.5 Å². The minimum absolute atomic E-state index is 0.0106. The Labute approximate surface area is 258 Å². The first-order valence-electron chi connectivity index (χ1n) is 9.61. The lowest BCUT2D eigenvalue weighted by Crippen LogP contribution is -2.11. The normalized spacial score (nSPS) is 9.90. The van der Waals surface area contributed by atoms with Gasteiger partial charge in [-0.3, -0.25) is 0 Å². The number of hydrogen-bond donors (Lipinski definition) is 4. The number of carboxylic acid groups (broad SMARTS) is 3. The van der Waals surface area contributed by atoms with Crippen LogP contribution in [0.25, 0.3) is 0 Å². The monoisotopic (exact) mass is 700 g/mol. The van der Waals surface area contributed by atoms with Gasteiger partial charge in [-0.25, -0.2) is 19.4 Å². The van der Waals surface area contributed by atoms with E-state index in [0.29, 0.717) is 0 Å². The summed E-state index contributed by atoms with van der Waals surface area (Å²) >= 11 is 38.7. The molecule has 3 heterocycles. The van der Waals surface area contributed by atoms with Crippen molar-refractivity contribution in [3.63, 3.8) is 0 Å². The largest absolute Gasteiger partial charge is 0.479 e. The van der Waals surface area contributed by atoms with Gasteiger partial charge in [0.1, 0.15) is 20.2 Å². The quantitative estimate of drug-likeness (QED) is 0.205. The van der Waals surface area contributed by atoms with Crippen molar-refractivity contribution in [2.24, 2.45) is 0 Å². The van der Waals surface area contributed by atoms with Gasteiger partial charge in [0.05, 0.1) is 15.7 Å². The third-order valence-corrected chi connectivity index (χ3v) is 5.76. The van der Waals surface area contributed by atoms with Crippen LogP contribution in [-0.4, -0.2) is 61.4 Å². The molecule has 0 spiro atoms. The number of halogens is 8. The number of hydrogen-bond acceptors (Lipinski definition) is 9. The molecule has 5 N–H and O–H groups in total. The summed E-state index contributed by atoms with van der Waals surface area (Å²) in [5, 5.41) is 25.0. The van der Waals surface area contributed by atoms with Gasteiger partial charge in [-0.05, 0) is 18.2 Å². The van der Waals surface area contributed by atoms with E-state index in [-0.39, 0.29) is 47.7 Å². The van der Waals surface area contributed by atoms with Crippen LogP contribution in [0.5, 0.6) is 11.8 Å². The van der Waals surface area contributed by atoms with Gasteiger partial charge in [0.2, 0.25) is 17.7 Å². The fourth-order valence-corrected chi connectivity index (χ4v) is 3.22. The van der Waals surface area contributed by atoms with Crippen LogP contribution in [-0.2, 0) is 9.59 Å². The minimum Gasteiger partial charge on any atom is -0.479 e. The Morgan fingerprint density at radius 2 is 1.32 bits per heavy atom. The lowest BCUT2D eigenvalue weighted by atomic mass is 10.3. The molecule has 0 fully saturated rings. The summed E-state index contributed by atoms with van der Waals surface area (Å²) in [7, 11) is 0. The highest BCUT2D eigenvalue weighted by atomic mass is 35.5. The average molecular weight is 704 g/mol. The van der Waals surface area contributed by atoms with Crippen LogP contribution in [0.15, 0.2) is 18.2 Å². The van der Waals surface area contributed by atoms with E-state index in [9.17, 15) is 18.8 Å². The van der Waals surface area contributed by atoms with Crippen LogP contribution in [0.4, 0.5) is 10.1 Å². The molecule has 0 bridgehead atoms. The first-order valence-corrected chi connectivity index (χ1v) is 12.3. The Morgan fingerprint density at radius 3 is 1.82 bits per heavy atom. The Morgan fingerprint density at radius 1 is 0.775 bits per heavy atom. The molecule has 0 aliphatic rings. The number of rotatable bonds is 7.